The summed E-state index contributed by atoms with van der Waals surface area (Å²) in [6, 6.07) is 6.13. The zero-order valence-corrected chi connectivity index (χ0v) is 14.2. The van der Waals surface area contributed by atoms with Gasteiger partial charge in [0.2, 0.25) is 0 Å². The highest BCUT2D eigenvalue weighted by atomic mass is 35.5. The van der Waals surface area contributed by atoms with Gasteiger partial charge < -0.3 is 9.47 Å². The van der Waals surface area contributed by atoms with E-state index in [2.05, 4.69) is 31.7 Å². The summed E-state index contributed by atoms with van der Waals surface area (Å²) in [5.74, 6) is 1.35. The maximum Gasteiger partial charge on any atom is 0.179 e. The molecule has 1 heterocycles. The molecular formula is C17H23ClN2O2. The summed E-state index contributed by atoms with van der Waals surface area (Å²) in [5.41, 5.74) is 1.25. The van der Waals surface area contributed by atoms with Crippen LogP contribution in [-0.4, -0.2) is 31.2 Å². The fraction of sp³-hybridized carbons (Fsp3) is 0.588. The summed E-state index contributed by atoms with van der Waals surface area (Å²) in [6.07, 6.45) is 0.522. The van der Waals surface area contributed by atoms with E-state index >= 15 is 0 Å². The van der Waals surface area contributed by atoms with Crippen molar-refractivity contribution >= 4 is 11.6 Å². The Hall–Kier alpha value is -1.44. The van der Waals surface area contributed by atoms with E-state index in [1.165, 1.54) is 0 Å². The number of fused-ring (bicyclic) bond motifs is 1. The van der Waals surface area contributed by atoms with Crippen molar-refractivity contribution in [2.75, 3.05) is 26.3 Å². The largest absolute Gasteiger partial charge is 0.486 e. The maximum absolute atomic E-state index is 8.85. The van der Waals surface area contributed by atoms with E-state index < -0.39 is 0 Å². The lowest BCUT2D eigenvalue weighted by Crippen LogP contribution is -2.33. The minimum absolute atomic E-state index is 0.174. The zero-order chi connectivity index (χ0) is 16.2. The molecule has 2 rings (SSSR count). The minimum atomic E-state index is 0.174. The minimum Gasteiger partial charge on any atom is -0.486 e. The zero-order valence-electron chi connectivity index (χ0n) is 13.5. The second kappa shape index (κ2) is 7.21. The van der Waals surface area contributed by atoms with E-state index in [0.717, 1.165) is 25.2 Å². The number of benzene rings is 1. The third kappa shape index (κ3) is 4.79. The van der Waals surface area contributed by atoms with E-state index in [9.17, 15) is 0 Å². The van der Waals surface area contributed by atoms with Gasteiger partial charge >= 0.3 is 0 Å². The van der Waals surface area contributed by atoms with Crippen molar-refractivity contribution in [2.45, 2.75) is 33.7 Å². The molecule has 0 radical (unpaired) electrons. The first kappa shape index (κ1) is 16.9. The summed E-state index contributed by atoms with van der Waals surface area (Å²) in [4.78, 5) is 2.28. The lowest BCUT2D eigenvalue weighted by atomic mass is 9.95. The van der Waals surface area contributed by atoms with Crippen molar-refractivity contribution in [2.24, 2.45) is 5.41 Å². The van der Waals surface area contributed by atoms with Crippen LogP contribution in [0.5, 0.6) is 11.5 Å². The Labute approximate surface area is 137 Å². The second-order valence-electron chi connectivity index (χ2n) is 6.78. The maximum atomic E-state index is 8.85. The predicted octanol–water partition coefficient (Wildman–Crippen LogP) is 3.87. The van der Waals surface area contributed by atoms with Crippen LogP contribution in [0.2, 0.25) is 5.02 Å². The predicted molar refractivity (Wildman–Crippen MR) is 87.4 cm³/mol. The van der Waals surface area contributed by atoms with Gasteiger partial charge in [0.15, 0.2) is 11.5 Å². The van der Waals surface area contributed by atoms with Gasteiger partial charge in [-0.25, -0.2) is 0 Å². The van der Waals surface area contributed by atoms with E-state index in [4.69, 9.17) is 26.3 Å². The van der Waals surface area contributed by atoms with Crippen LogP contribution >= 0.6 is 11.6 Å². The summed E-state index contributed by atoms with van der Waals surface area (Å²) in [7, 11) is 0. The Morgan fingerprint density at radius 3 is 2.68 bits per heavy atom. The van der Waals surface area contributed by atoms with Gasteiger partial charge in [0.05, 0.1) is 11.1 Å². The molecule has 4 nitrogen and oxygen atoms in total. The molecule has 0 bridgehead atoms. The molecule has 0 atom stereocenters. The molecule has 0 aliphatic carbocycles. The summed E-state index contributed by atoms with van der Waals surface area (Å²) in [6.45, 7) is 10.1. The van der Waals surface area contributed by atoms with Crippen molar-refractivity contribution in [1.82, 2.24) is 4.90 Å². The number of ether oxygens (including phenoxy) is 2. The summed E-state index contributed by atoms with van der Waals surface area (Å²) < 4.78 is 11.2. The first-order valence-electron chi connectivity index (χ1n) is 7.56. The summed E-state index contributed by atoms with van der Waals surface area (Å²) in [5, 5.41) is 9.43. The van der Waals surface area contributed by atoms with Crippen LogP contribution in [0.4, 0.5) is 0 Å². The third-order valence-corrected chi connectivity index (χ3v) is 3.58. The van der Waals surface area contributed by atoms with Crippen LogP contribution in [-0.2, 0) is 6.54 Å². The van der Waals surface area contributed by atoms with E-state index in [0.29, 0.717) is 36.2 Å². The first-order chi connectivity index (χ1) is 10.4. The highest BCUT2D eigenvalue weighted by molar-refractivity contribution is 6.32. The van der Waals surface area contributed by atoms with Gasteiger partial charge in [0.1, 0.15) is 13.2 Å². The van der Waals surface area contributed by atoms with Crippen LogP contribution in [0.15, 0.2) is 12.1 Å². The smallest absolute Gasteiger partial charge is 0.179 e. The fourth-order valence-electron chi connectivity index (χ4n) is 2.61. The first-order valence-corrected chi connectivity index (χ1v) is 7.94. The number of rotatable bonds is 5. The van der Waals surface area contributed by atoms with Gasteiger partial charge in [-0.1, -0.05) is 32.4 Å². The van der Waals surface area contributed by atoms with Gasteiger partial charge in [-0.15, -0.1) is 0 Å². The number of nitriles is 1. The SMILES string of the molecule is CC(C)(C)CN(CCC#N)Cc1cc(Cl)c2c(c1)OCCO2. The molecule has 5 heteroatoms. The number of nitrogens with zero attached hydrogens (tertiary/aromatic N) is 2. The van der Waals surface area contributed by atoms with Crippen molar-refractivity contribution in [3.8, 4) is 17.6 Å². The number of halogens is 1. The van der Waals surface area contributed by atoms with Gasteiger partial charge in [-0.05, 0) is 23.1 Å². The Kier molecular flexibility index (Phi) is 5.55. The van der Waals surface area contributed by atoms with Crippen LogP contribution in [0.25, 0.3) is 0 Å². The Morgan fingerprint density at radius 1 is 1.27 bits per heavy atom. The molecule has 1 aliphatic rings. The van der Waals surface area contributed by atoms with Gasteiger partial charge in [-0.3, -0.25) is 4.90 Å². The highest BCUT2D eigenvalue weighted by Gasteiger charge is 2.20. The van der Waals surface area contributed by atoms with E-state index in [-0.39, 0.29) is 5.41 Å². The molecule has 0 aromatic heterocycles. The second-order valence-corrected chi connectivity index (χ2v) is 7.19. The lowest BCUT2D eigenvalue weighted by molar-refractivity contribution is 0.169. The standard InChI is InChI=1S/C17H23ClN2O2/c1-17(2,3)12-20(6-4-5-19)11-13-9-14(18)16-15(10-13)21-7-8-22-16/h9-10H,4,6-8,11-12H2,1-3H3. The van der Waals surface area contributed by atoms with Crippen LogP contribution < -0.4 is 9.47 Å². The monoisotopic (exact) mass is 322 g/mol. The van der Waals surface area contributed by atoms with Gasteiger partial charge in [-0.2, -0.15) is 5.26 Å². The topological polar surface area (TPSA) is 45.5 Å². The van der Waals surface area contributed by atoms with E-state index in [1.54, 1.807) is 0 Å². The average Bonchev–Trinajstić information content (AvgIpc) is 2.43. The van der Waals surface area contributed by atoms with Crippen molar-refractivity contribution < 1.29 is 9.47 Å². The molecule has 0 spiro atoms. The molecule has 1 aromatic carbocycles. The van der Waals surface area contributed by atoms with Crippen LogP contribution in [0.3, 0.4) is 0 Å². The number of hydrogen-bond donors (Lipinski definition) is 0. The van der Waals surface area contributed by atoms with Crippen LogP contribution in [0.1, 0.15) is 32.8 Å². The normalized spacial score (nSPS) is 14.0. The van der Waals surface area contributed by atoms with Gasteiger partial charge in [0.25, 0.3) is 0 Å². The molecular weight excluding hydrogens is 300 g/mol. The van der Waals surface area contributed by atoms with Crippen molar-refractivity contribution in [3.63, 3.8) is 0 Å². The van der Waals surface area contributed by atoms with Crippen molar-refractivity contribution in [1.29, 1.82) is 5.26 Å². The average molecular weight is 323 g/mol. The molecule has 0 saturated heterocycles. The molecule has 1 aliphatic heterocycles. The van der Waals surface area contributed by atoms with Gasteiger partial charge in [0, 0.05) is 26.1 Å². The Morgan fingerprint density at radius 2 is 2.00 bits per heavy atom. The summed E-state index contributed by atoms with van der Waals surface area (Å²) >= 11 is 6.29. The van der Waals surface area contributed by atoms with Crippen LogP contribution in [0, 0.1) is 16.7 Å². The molecule has 1 aromatic rings. The third-order valence-electron chi connectivity index (χ3n) is 3.30. The lowest BCUT2D eigenvalue weighted by Gasteiger charge is -2.30. The highest BCUT2D eigenvalue weighted by Crippen LogP contribution is 2.38. The molecule has 22 heavy (non-hydrogen) atoms. The quantitative estimate of drug-likeness (QED) is 0.825. The molecule has 0 fully saturated rings. The molecule has 0 saturated carbocycles. The Balaban J connectivity index is 2.15. The van der Waals surface area contributed by atoms with E-state index in [1.807, 2.05) is 12.1 Å². The number of hydrogen-bond acceptors (Lipinski definition) is 4. The fourth-order valence-corrected chi connectivity index (χ4v) is 2.89. The molecule has 0 unspecified atom stereocenters. The molecule has 0 N–H and O–H groups in total. The molecule has 120 valence electrons. The molecule has 0 amide bonds. The Bertz CT molecular complexity index is 561. The van der Waals surface area contributed by atoms with Crippen molar-refractivity contribution in [3.05, 3.63) is 22.7 Å².